The Morgan fingerprint density at radius 3 is 2.63 bits per heavy atom. The molecule has 7 nitrogen and oxygen atoms in total. The molecule has 0 aliphatic rings. The van der Waals surface area contributed by atoms with Gasteiger partial charge in [-0.3, -0.25) is 4.79 Å². The summed E-state index contributed by atoms with van der Waals surface area (Å²) < 4.78 is 17.0. The summed E-state index contributed by atoms with van der Waals surface area (Å²) in [6.45, 7) is 3.92. The van der Waals surface area contributed by atoms with Gasteiger partial charge >= 0.3 is 5.97 Å². The highest BCUT2D eigenvalue weighted by atomic mass is 127. The van der Waals surface area contributed by atoms with Crippen molar-refractivity contribution in [2.75, 3.05) is 6.61 Å². The lowest BCUT2D eigenvalue weighted by Gasteiger charge is -2.12. The van der Waals surface area contributed by atoms with Crippen LogP contribution in [0.25, 0.3) is 0 Å². The lowest BCUT2D eigenvalue weighted by molar-refractivity contribution is 0.0727. The van der Waals surface area contributed by atoms with Gasteiger partial charge in [0.05, 0.1) is 30.2 Å². The summed E-state index contributed by atoms with van der Waals surface area (Å²) >= 11 is 2.09. The molecule has 0 radical (unpaired) electrons. The molecule has 1 heterocycles. The Morgan fingerprint density at radius 2 is 1.93 bits per heavy atom. The molecule has 0 fully saturated rings. The number of nitrogens with one attached hydrogen (secondary N) is 1. The van der Waals surface area contributed by atoms with Crippen molar-refractivity contribution >= 4 is 40.7 Å². The largest absolute Gasteiger partial charge is 0.490 e. The third-order valence-corrected chi connectivity index (χ3v) is 4.99. The van der Waals surface area contributed by atoms with Crippen molar-refractivity contribution in [3.63, 3.8) is 0 Å². The molecule has 0 bridgehead atoms. The van der Waals surface area contributed by atoms with E-state index in [1.165, 1.54) is 12.5 Å². The third-order valence-electron chi connectivity index (χ3n) is 4.05. The van der Waals surface area contributed by atoms with E-state index in [0.29, 0.717) is 40.6 Å². The fraction of sp³-hybridized carbons (Fsp3) is 0.136. The Hall–Kier alpha value is -3.14. The lowest BCUT2D eigenvalue weighted by Crippen LogP contribution is -2.17. The molecule has 0 saturated heterocycles. The summed E-state index contributed by atoms with van der Waals surface area (Å²) in [6.07, 6.45) is 2.92. The monoisotopic (exact) mass is 518 g/mol. The molecule has 2 aromatic carbocycles. The van der Waals surface area contributed by atoms with Crippen LogP contribution in [0.2, 0.25) is 0 Å². The van der Waals surface area contributed by atoms with Gasteiger partial charge < -0.3 is 13.9 Å². The van der Waals surface area contributed by atoms with Crippen LogP contribution in [0.5, 0.6) is 11.5 Å². The first-order valence-corrected chi connectivity index (χ1v) is 10.2. The van der Waals surface area contributed by atoms with Gasteiger partial charge in [-0.2, -0.15) is 5.10 Å². The zero-order chi connectivity index (χ0) is 21.5. The fourth-order valence-electron chi connectivity index (χ4n) is 2.59. The van der Waals surface area contributed by atoms with Gasteiger partial charge in [-0.1, -0.05) is 12.1 Å². The minimum Gasteiger partial charge on any atom is -0.490 e. The van der Waals surface area contributed by atoms with Crippen LogP contribution >= 0.6 is 22.6 Å². The molecule has 0 atom stereocenters. The molecule has 154 valence electrons. The molecule has 0 aliphatic heterocycles. The fourth-order valence-corrected chi connectivity index (χ4v) is 3.19. The van der Waals surface area contributed by atoms with Crippen LogP contribution in [0.1, 0.15) is 39.0 Å². The van der Waals surface area contributed by atoms with Crippen LogP contribution in [0.4, 0.5) is 0 Å². The maximum Gasteiger partial charge on any atom is 0.344 e. The van der Waals surface area contributed by atoms with Gasteiger partial charge in [-0.05, 0) is 78.4 Å². The number of halogens is 1. The van der Waals surface area contributed by atoms with Crippen molar-refractivity contribution in [2.24, 2.45) is 5.10 Å². The zero-order valence-corrected chi connectivity index (χ0v) is 18.5. The van der Waals surface area contributed by atoms with E-state index in [9.17, 15) is 9.59 Å². The molecule has 0 unspecified atom stereocenters. The average Bonchev–Trinajstić information content (AvgIpc) is 3.16. The number of rotatable bonds is 7. The van der Waals surface area contributed by atoms with Crippen LogP contribution in [0.3, 0.4) is 0 Å². The highest BCUT2D eigenvalue weighted by Crippen LogP contribution is 2.29. The van der Waals surface area contributed by atoms with Gasteiger partial charge in [-0.25, -0.2) is 10.2 Å². The van der Waals surface area contributed by atoms with E-state index in [0.717, 1.165) is 3.57 Å². The van der Waals surface area contributed by atoms with E-state index < -0.39 is 5.97 Å². The van der Waals surface area contributed by atoms with Crippen LogP contribution < -0.4 is 14.9 Å². The molecule has 8 heteroatoms. The number of ether oxygens (including phenoxy) is 2. The number of aryl methyl sites for hydroxylation is 1. The normalized spacial score (nSPS) is 10.8. The summed E-state index contributed by atoms with van der Waals surface area (Å²) in [5.74, 6) is 0.380. The van der Waals surface area contributed by atoms with Gasteiger partial charge in [0.1, 0.15) is 5.76 Å². The molecule has 30 heavy (non-hydrogen) atoms. The van der Waals surface area contributed by atoms with Gasteiger partial charge in [-0.15, -0.1) is 0 Å². The van der Waals surface area contributed by atoms with E-state index in [-0.39, 0.29) is 5.91 Å². The number of hydrogen-bond acceptors (Lipinski definition) is 6. The van der Waals surface area contributed by atoms with Crippen LogP contribution in [-0.4, -0.2) is 24.7 Å². The minimum atomic E-state index is -0.467. The van der Waals surface area contributed by atoms with Crippen LogP contribution in [0.15, 0.2) is 64.3 Å². The molecule has 1 aromatic heterocycles. The SMILES string of the molecule is CCOc1cc(C=NNC(=O)c2ccoc2C)ccc1OC(=O)c1ccccc1I. The number of amides is 1. The van der Waals surface area contributed by atoms with Crippen LogP contribution in [-0.2, 0) is 0 Å². The number of esters is 1. The van der Waals surface area contributed by atoms with Crippen molar-refractivity contribution in [3.8, 4) is 11.5 Å². The average molecular weight is 518 g/mol. The first-order chi connectivity index (χ1) is 14.5. The lowest BCUT2D eigenvalue weighted by atomic mass is 10.2. The Bertz CT molecular complexity index is 1090. The maximum absolute atomic E-state index is 12.5. The molecular formula is C22H19IN2O5. The van der Waals surface area contributed by atoms with Gasteiger partial charge in [0.2, 0.25) is 0 Å². The van der Waals surface area contributed by atoms with Crippen molar-refractivity contribution < 1.29 is 23.5 Å². The second kappa shape index (κ2) is 10.1. The molecule has 0 aliphatic carbocycles. The minimum absolute atomic E-state index is 0.303. The molecule has 3 aromatic rings. The quantitative estimate of drug-likeness (QED) is 0.163. The van der Waals surface area contributed by atoms with E-state index in [2.05, 4.69) is 33.1 Å². The summed E-state index contributed by atoms with van der Waals surface area (Å²) in [6, 6.07) is 13.8. The predicted molar refractivity (Wildman–Crippen MR) is 120 cm³/mol. The van der Waals surface area contributed by atoms with Crippen molar-refractivity contribution in [3.05, 3.63) is 80.8 Å². The van der Waals surface area contributed by atoms with E-state index in [1.807, 2.05) is 19.1 Å². The smallest absolute Gasteiger partial charge is 0.344 e. The second-order valence-electron chi connectivity index (χ2n) is 6.10. The van der Waals surface area contributed by atoms with Gasteiger partial charge in [0.15, 0.2) is 11.5 Å². The van der Waals surface area contributed by atoms with Crippen LogP contribution in [0, 0.1) is 10.5 Å². The second-order valence-corrected chi connectivity index (χ2v) is 7.26. The molecule has 1 amide bonds. The highest BCUT2D eigenvalue weighted by molar-refractivity contribution is 14.1. The molecular weight excluding hydrogens is 499 g/mol. The third kappa shape index (κ3) is 5.26. The summed E-state index contributed by atoms with van der Waals surface area (Å²) in [5.41, 5.74) is 4.00. The van der Waals surface area contributed by atoms with Crippen molar-refractivity contribution in [1.82, 2.24) is 5.43 Å². The number of benzene rings is 2. The van der Waals surface area contributed by atoms with Gasteiger partial charge in [0.25, 0.3) is 5.91 Å². The molecule has 1 N–H and O–H groups in total. The Balaban J connectivity index is 1.73. The highest BCUT2D eigenvalue weighted by Gasteiger charge is 2.15. The van der Waals surface area contributed by atoms with Gasteiger partial charge in [0, 0.05) is 3.57 Å². The number of carbonyl (C=O) groups excluding carboxylic acids is 2. The number of hydrogen-bond donors (Lipinski definition) is 1. The number of carbonyl (C=O) groups is 2. The first kappa shape index (κ1) is 21.6. The Labute approximate surface area is 187 Å². The summed E-state index contributed by atoms with van der Waals surface area (Å²) in [4.78, 5) is 24.6. The van der Waals surface area contributed by atoms with E-state index in [1.54, 1.807) is 43.3 Å². The number of furan rings is 1. The number of nitrogens with zero attached hydrogens (tertiary/aromatic N) is 1. The van der Waals surface area contributed by atoms with E-state index >= 15 is 0 Å². The molecule has 3 rings (SSSR count). The molecule has 0 saturated carbocycles. The molecule has 0 spiro atoms. The standard InChI is InChI=1S/C22H19IN2O5/c1-3-28-20-12-15(13-24-25-21(26)16-10-11-29-14(16)2)8-9-19(20)30-22(27)17-6-4-5-7-18(17)23/h4-13H,3H2,1-2H3,(H,25,26). The predicted octanol–water partition coefficient (Wildman–Crippen LogP) is 4.57. The maximum atomic E-state index is 12.5. The number of hydrazone groups is 1. The van der Waals surface area contributed by atoms with E-state index in [4.69, 9.17) is 13.9 Å². The summed E-state index contributed by atoms with van der Waals surface area (Å²) in [7, 11) is 0. The Kier molecular flexibility index (Phi) is 7.23. The Morgan fingerprint density at radius 1 is 1.13 bits per heavy atom. The first-order valence-electron chi connectivity index (χ1n) is 9.10. The van der Waals surface area contributed by atoms with Crippen molar-refractivity contribution in [2.45, 2.75) is 13.8 Å². The van der Waals surface area contributed by atoms with Crippen molar-refractivity contribution in [1.29, 1.82) is 0 Å². The topological polar surface area (TPSA) is 90.1 Å². The summed E-state index contributed by atoms with van der Waals surface area (Å²) in [5, 5.41) is 3.96. The zero-order valence-electron chi connectivity index (χ0n) is 16.3.